The Morgan fingerprint density at radius 1 is 0.684 bits per heavy atom. The first-order valence-corrected chi connectivity index (χ1v) is 26.7. The van der Waals surface area contributed by atoms with E-state index in [0.29, 0.717) is 18.6 Å². The number of methoxy groups -OCH3 is 2. The molecule has 4 saturated heterocycles. The second-order valence-corrected chi connectivity index (χ2v) is 21.9. The largest absolute Gasteiger partial charge is 0.388 e. The highest BCUT2D eigenvalue weighted by Crippen LogP contribution is 2.78. The van der Waals surface area contributed by atoms with Crippen molar-refractivity contribution in [2.45, 2.75) is 243 Å². The van der Waals surface area contributed by atoms with Crippen molar-refractivity contribution < 1.29 is 37.6 Å². The standard InChI is InChI=1S/C48H90O8Si/c1-11-19-33-51-34-21-20-22-36-57(37-23-32-49-9,38-39(24-12-2)40-28-35-52-40)56-44(50-10)48(45(29-16-6)41(53-45)25-13-3,46(30-17-7)42(54-46)26-14-4)47(31-18-8)43(55-47)27-15-5/h23,37,39-44H,11-22,24-36,38H2,1-10H3. The predicted octanol–water partition coefficient (Wildman–Crippen LogP) is 12.1. The van der Waals surface area contributed by atoms with E-state index in [2.05, 4.69) is 67.2 Å². The van der Waals surface area contributed by atoms with E-state index in [1.54, 1.807) is 7.11 Å². The Balaban J connectivity index is 1.95. The lowest BCUT2D eigenvalue weighted by Crippen LogP contribution is -2.70. The Morgan fingerprint density at radius 3 is 1.65 bits per heavy atom. The van der Waals surface area contributed by atoms with Gasteiger partial charge in [-0.1, -0.05) is 131 Å². The molecule has 334 valence electrons. The summed E-state index contributed by atoms with van der Waals surface area (Å²) in [5, 5.41) is 0. The molecule has 0 aromatic heterocycles. The predicted molar refractivity (Wildman–Crippen MR) is 235 cm³/mol. The van der Waals surface area contributed by atoms with Gasteiger partial charge in [-0.15, -0.1) is 0 Å². The Labute approximate surface area is 352 Å². The van der Waals surface area contributed by atoms with Gasteiger partial charge in [-0.2, -0.15) is 0 Å². The van der Waals surface area contributed by atoms with Crippen LogP contribution in [0.25, 0.3) is 0 Å². The van der Waals surface area contributed by atoms with Gasteiger partial charge in [0.25, 0.3) is 0 Å². The molecule has 4 fully saturated rings. The normalized spacial score (nSPS) is 32.5. The first kappa shape index (κ1) is 49.3. The van der Waals surface area contributed by atoms with Gasteiger partial charge in [0.2, 0.25) is 8.32 Å². The maximum Gasteiger partial charge on any atom is 0.220 e. The van der Waals surface area contributed by atoms with Gasteiger partial charge in [-0.05, 0) is 82.2 Å². The smallest absolute Gasteiger partial charge is 0.220 e. The molecule has 4 aliphatic heterocycles. The monoisotopic (exact) mass is 823 g/mol. The van der Waals surface area contributed by atoms with Crippen LogP contribution in [0.1, 0.15) is 184 Å². The lowest BCUT2D eigenvalue weighted by Gasteiger charge is -2.54. The molecule has 0 radical (unpaired) electrons. The van der Waals surface area contributed by atoms with E-state index in [1.807, 2.05) is 7.11 Å². The van der Waals surface area contributed by atoms with Crippen molar-refractivity contribution in [1.82, 2.24) is 0 Å². The van der Waals surface area contributed by atoms with Crippen LogP contribution in [0.2, 0.25) is 12.1 Å². The molecule has 10 unspecified atom stereocenters. The molecule has 0 aliphatic carbocycles. The van der Waals surface area contributed by atoms with E-state index in [-0.39, 0.29) is 18.3 Å². The van der Waals surface area contributed by atoms with E-state index in [1.165, 1.54) is 6.42 Å². The van der Waals surface area contributed by atoms with Crippen molar-refractivity contribution in [3.63, 3.8) is 0 Å². The van der Waals surface area contributed by atoms with Gasteiger partial charge < -0.3 is 37.6 Å². The summed E-state index contributed by atoms with van der Waals surface area (Å²) in [6, 6.07) is 2.03. The van der Waals surface area contributed by atoms with Gasteiger partial charge in [-0.3, -0.25) is 0 Å². The van der Waals surface area contributed by atoms with E-state index < -0.39 is 36.8 Å². The Hall–Kier alpha value is -0.363. The van der Waals surface area contributed by atoms with Gasteiger partial charge >= 0.3 is 0 Å². The Morgan fingerprint density at radius 2 is 1.23 bits per heavy atom. The number of epoxide rings is 3. The summed E-state index contributed by atoms with van der Waals surface area (Å²) in [4.78, 5) is 0. The summed E-state index contributed by atoms with van der Waals surface area (Å²) >= 11 is 0. The molecule has 4 rings (SSSR count). The number of ether oxygens (including phenoxy) is 7. The van der Waals surface area contributed by atoms with Crippen LogP contribution in [0.3, 0.4) is 0 Å². The highest BCUT2D eigenvalue weighted by atomic mass is 28.4. The number of unbranched alkanes of at least 4 members (excludes halogenated alkanes) is 3. The van der Waals surface area contributed by atoms with Crippen LogP contribution in [0.4, 0.5) is 0 Å². The molecule has 0 amide bonds. The number of rotatable bonds is 36. The van der Waals surface area contributed by atoms with E-state index in [4.69, 9.17) is 37.6 Å². The maximum atomic E-state index is 8.30. The first-order chi connectivity index (χ1) is 27.7. The minimum Gasteiger partial charge on any atom is -0.388 e. The van der Waals surface area contributed by atoms with Crippen LogP contribution in [-0.2, 0) is 37.6 Å². The van der Waals surface area contributed by atoms with Crippen LogP contribution < -0.4 is 0 Å². The molecular formula is C48H90O8Si. The van der Waals surface area contributed by atoms with Crippen molar-refractivity contribution in [2.24, 2.45) is 11.3 Å². The molecule has 9 heteroatoms. The van der Waals surface area contributed by atoms with Crippen molar-refractivity contribution in [3.8, 4) is 0 Å². The topological polar surface area (TPSA) is 83.7 Å². The maximum absolute atomic E-state index is 8.30. The summed E-state index contributed by atoms with van der Waals surface area (Å²) in [6.45, 7) is 21.6. The second kappa shape index (κ2) is 23.7. The molecule has 0 spiro atoms. The highest BCUT2D eigenvalue weighted by molar-refractivity contribution is 6.78. The minimum absolute atomic E-state index is 0.119. The summed E-state index contributed by atoms with van der Waals surface area (Å²) in [6.07, 6.45) is 23.5. The van der Waals surface area contributed by atoms with Crippen LogP contribution in [0.15, 0.2) is 11.8 Å². The van der Waals surface area contributed by atoms with Crippen LogP contribution in [0.5, 0.6) is 0 Å². The fourth-order valence-corrected chi connectivity index (χ4v) is 15.9. The molecule has 0 bridgehead atoms. The summed E-state index contributed by atoms with van der Waals surface area (Å²) < 4.78 is 55.7. The lowest BCUT2D eigenvalue weighted by atomic mass is 9.51. The average molecular weight is 823 g/mol. The number of hydrogen-bond donors (Lipinski definition) is 0. The van der Waals surface area contributed by atoms with E-state index in [0.717, 1.165) is 154 Å². The van der Waals surface area contributed by atoms with Crippen LogP contribution >= 0.6 is 0 Å². The summed E-state index contributed by atoms with van der Waals surface area (Å²) in [5.41, 5.74) is 0.431. The number of hydrogen-bond acceptors (Lipinski definition) is 8. The lowest BCUT2D eigenvalue weighted by molar-refractivity contribution is -0.234. The first-order valence-electron chi connectivity index (χ1n) is 24.3. The van der Waals surface area contributed by atoms with Gasteiger partial charge in [-0.25, -0.2) is 0 Å². The Kier molecular flexibility index (Phi) is 20.5. The molecular weight excluding hydrogens is 733 g/mol. The quantitative estimate of drug-likeness (QED) is 0.0267. The zero-order valence-electron chi connectivity index (χ0n) is 38.8. The van der Waals surface area contributed by atoms with Gasteiger partial charge in [0.15, 0.2) is 6.29 Å². The van der Waals surface area contributed by atoms with Gasteiger partial charge in [0, 0.05) is 34.0 Å². The zero-order chi connectivity index (χ0) is 41.4. The van der Waals surface area contributed by atoms with Crippen molar-refractivity contribution in [2.75, 3.05) is 40.6 Å². The Bertz CT molecular complexity index is 1080. The molecule has 0 N–H and O–H groups in total. The van der Waals surface area contributed by atoms with Crippen molar-refractivity contribution in [1.29, 1.82) is 0 Å². The van der Waals surface area contributed by atoms with E-state index >= 15 is 0 Å². The third kappa shape index (κ3) is 10.6. The van der Waals surface area contributed by atoms with Gasteiger partial charge in [0.05, 0.1) is 31.0 Å². The van der Waals surface area contributed by atoms with Crippen molar-refractivity contribution >= 4 is 8.32 Å². The third-order valence-electron chi connectivity index (χ3n) is 14.1. The molecule has 4 aliphatic rings. The fourth-order valence-electron chi connectivity index (χ4n) is 11.7. The average Bonchev–Trinajstić information content (AvgIpc) is 4.13. The van der Waals surface area contributed by atoms with Gasteiger partial charge in [0.1, 0.15) is 22.2 Å². The summed E-state index contributed by atoms with van der Waals surface area (Å²) in [7, 11) is 0.951. The molecule has 0 saturated carbocycles. The molecule has 57 heavy (non-hydrogen) atoms. The van der Waals surface area contributed by atoms with Crippen molar-refractivity contribution in [3.05, 3.63) is 11.8 Å². The molecule has 10 atom stereocenters. The molecule has 4 heterocycles. The molecule has 8 nitrogen and oxygen atoms in total. The van der Waals surface area contributed by atoms with Crippen LogP contribution in [-0.4, -0.2) is 96.5 Å². The zero-order valence-corrected chi connectivity index (χ0v) is 39.8. The van der Waals surface area contributed by atoms with Crippen LogP contribution in [0, 0.1) is 11.3 Å². The van der Waals surface area contributed by atoms with E-state index in [9.17, 15) is 0 Å². The third-order valence-corrected chi connectivity index (χ3v) is 18.1. The fraction of sp³-hybridized carbons (Fsp3) is 0.958. The summed E-state index contributed by atoms with van der Waals surface area (Å²) in [5.74, 6) is 0.436. The minimum atomic E-state index is -2.77. The second-order valence-electron chi connectivity index (χ2n) is 18.2. The SMILES string of the molecule is CCCCOCCCCC[Si](C=CCOC)(CC(CCC)C1CCO1)OC(OC)C(C1(CCC)OC1CCC)(C1(CCC)OC1CCC)C1(CCC)OC1CCC. The molecule has 0 aromatic carbocycles. The highest BCUT2D eigenvalue weighted by Gasteiger charge is 2.93. The molecule has 0 aromatic rings.